The molecule has 1 heterocycles. The highest BCUT2D eigenvalue weighted by Crippen LogP contribution is 2.30. The smallest absolute Gasteiger partial charge is 0.206 e. The summed E-state index contributed by atoms with van der Waals surface area (Å²) >= 11 is 10.5. The van der Waals surface area contributed by atoms with Crippen LogP contribution in [-0.4, -0.2) is 10.8 Å². The Labute approximate surface area is 150 Å². The summed E-state index contributed by atoms with van der Waals surface area (Å²) < 4.78 is 0.837. The van der Waals surface area contributed by atoms with E-state index in [2.05, 4.69) is 26.2 Å². The van der Waals surface area contributed by atoms with Crippen molar-refractivity contribution in [3.05, 3.63) is 68.5 Å². The lowest BCUT2D eigenvalue weighted by atomic mass is 10.1. The molecule has 1 aromatic heterocycles. The summed E-state index contributed by atoms with van der Waals surface area (Å²) in [5.41, 5.74) is 7.25. The molecule has 0 aliphatic carbocycles. The van der Waals surface area contributed by atoms with Gasteiger partial charge in [0.25, 0.3) is 0 Å². The molecule has 0 saturated heterocycles. The second kappa shape index (κ2) is 6.70. The van der Waals surface area contributed by atoms with Crippen molar-refractivity contribution in [3.63, 3.8) is 0 Å². The van der Waals surface area contributed by atoms with E-state index in [-0.39, 0.29) is 11.6 Å². The molecule has 3 rings (SSSR count). The van der Waals surface area contributed by atoms with Crippen LogP contribution in [0.15, 0.2) is 53.0 Å². The number of aromatic nitrogens is 1. The van der Waals surface area contributed by atoms with Gasteiger partial charge in [0.1, 0.15) is 10.7 Å². The van der Waals surface area contributed by atoms with Crippen molar-refractivity contribution in [1.29, 1.82) is 0 Å². The van der Waals surface area contributed by atoms with Gasteiger partial charge in [-0.1, -0.05) is 57.1 Å². The van der Waals surface area contributed by atoms with Gasteiger partial charge in [-0.25, -0.2) is 4.98 Å². The molecule has 0 radical (unpaired) electrons. The van der Waals surface area contributed by atoms with Gasteiger partial charge < -0.3 is 11.1 Å². The normalized spacial score (nSPS) is 10.5. The SMILES string of the molecule is Nc1nc(Nc2cccc(Cl)c2)sc1C(=O)c1cccc(Br)c1. The van der Waals surface area contributed by atoms with Crippen LogP contribution >= 0.6 is 38.9 Å². The Bertz CT molecular complexity index is 881. The van der Waals surface area contributed by atoms with Gasteiger partial charge in [-0.05, 0) is 30.3 Å². The lowest BCUT2D eigenvalue weighted by Gasteiger charge is -2.01. The van der Waals surface area contributed by atoms with Crippen molar-refractivity contribution < 1.29 is 4.79 Å². The highest BCUT2D eigenvalue weighted by Gasteiger charge is 2.18. The quantitative estimate of drug-likeness (QED) is 0.588. The molecular weight excluding hydrogens is 398 g/mol. The van der Waals surface area contributed by atoms with Crippen molar-refractivity contribution in [1.82, 2.24) is 4.98 Å². The highest BCUT2D eigenvalue weighted by molar-refractivity contribution is 9.10. The van der Waals surface area contributed by atoms with Crippen LogP contribution in [0.1, 0.15) is 15.2 Å². The molecule has 0 aliphatic heterocycles. The van der Waals surface area contributed by atoms with E-state index < -0.39 is 0 Å². The van der Waals surface area contributed by atoms with Crippen LogP contribution in [-0.2, 0) is 0 Å². The fraction of sp³-hybridized carbons (Fsp3) is 0. The number of carbonyl (C=O) groups is 1. The molecule has 0 saturated carbocycles. The number of hydrogen-bond donors (Lipinski definition) is 2. The molecule has 116 valence electrons. The number of anilines is 3. The minimum atomic E-state index is -0.152. The van der Waals surface area contributed by atoms with E-state index in [0.29, 0.717) is 20.6 Å². The van der Waals surface area contributed by atoms with Gasteiger partial charge in [-0.2, -0.15) is 0 Å². The minimum absolute atomic E-state index is 0.152. The van der Waals surface area contributed by atoms with Crippen LogP contribution in [0.4, 0.5) is 16.6 Å². The molecule has 0 fully saturated rings. The molecule has 0 aliphatic rings. The van der Waals surface area contributed by atoms with Gasteiger partial charge in [0, 0.05) is 20.7 Å². The lowest BCUT2D eigenvalue weighted by molar-refractivity contribution is 0.104. The van der Waals surface area contributed by atoms with E-state index in [0.717, 1.165) is 10.2 Å². The maximum Gasteiger partial charge on any atom is 0.206 e. The zero-order valence-corrected chi connectivity index (χ0v) is 14.9. The topological polar surface area (TPSA) is 68.0 Å². The predicted octanol–water partition coefficient (Wildman–Crippen LogP) is 5.12. The zero-order chi connectivity index (χ0) is 16.4. The summed E-state index contributed by atoms with van der Waals surface area (Å²) in [6.45, 7) is 0. The first-order valence-electron chi connectivity index (χ1n) is 6.62. The number of nitrogens with two attached hydrogens (primary N) is 1. The van der Waals surface area contributed by atoms with E-state index in [1.165, 1.54) is 11.3 Å². The van der Waals surface area contributed by atoms with Gasteiger partial charge in [-0.3, -0.25) is 4.79 Å². The van der Waals surface area contributed by atoms with E-state index in [1.54, 1.807) is 30.3 Å². The van der Waals surface area contributed by atoms with Crippen molar-refractivity contribution in [2.75, 3.05) is 11.1 Å². The summed E-state index contributed by atoms with van der Waals surface area (Å²) in [7, 11) is 0. The standard InChI is InChI=1S/C16H11BrClN3OS/c17-10-4-1-3-9(7-10)13(22)14-15(19)21-16(23-14)20-12-6-2-5-11(18)8-12/h1-8H,19H2,(H,20,21). The van der Waals surface area contributed by atoms with E-state index >= 15 is 0 Å². The number of nitrogens with zero attached hydrogens (tertiary/aromatic N) is 1. The Hall–Kier alpha value is -1.89. The number of thiazole rings is 1. The number of nitrogen functional groups attached to an aromatic ring is 1. The molecular formula is C16H11BrClN3OS. The van der Waals surface area contributed by atoms with Gasteiger partial charge >= 0.3 is 0 Å². The van der Waals surface area contributed by atoms with Crippen molar-refractivity contribution in [3.8, 4) is 0 Å². The Balaban J connectivity index is 1.87. The molecule has 2 aromatic carbocycles. The van der Waals surface area contributed by atoms with Crippen LogP contribution in [0.25, 0.3) is 0 Å². The van der Waals surface area contributed by atoms with E-state index in [4.69, 9.17) is 17.3 Å². The van der Waals surface area contributed by atoms with Gasteiger partial charge in [-0.15, -0.1) is 0 Å². The summed E-state index contributed by atoms with van der Waals surface area (Å²) in [6, 6.07) is 14.4. The fourth-order valence-corrected chi connectivity index (χ4v) is 3.46. The van der Waals surface area contributed by atoms with Crippen molar-refractivity contribution in [2.24, 2.45) is 0 Å². The molecule has 0 amide bonds. The van der Waals surface area contributed by atoms with Crippen molar-refractivity contribution in [2.45, 2.75) is 0 Å². The number of halogens is 2. The Morgan fingerprint density at radius 2 is 2.00 bits per heavy atom. The molecule has 23 heavy (non-hydrogen) atoms. The summed E-state index contributed by atoms with van der Waals surface area (Å²) in [4.78, 5) is 17.2. The third-order valence-corrected chi connectivity index (χ3v) is 4.74. The van der Waals surface area contributed by atoms with Crippen LogP contribution in [0.5, 0.6) is 0 Å². The Kier molecular flexibility index (Phi) is 4.66. The third-order valence-electron chi connectivity index (χ3n) is 3.02. The summed E-state index contributed by atoms with van der Waals surface area (Å²) in [5, 5.41) is 4.27. The summed E-state index contributed by atoms with van der Waals surface area (Å²) in [5.74, 6) is 0.0601. The number of benzene rings is 2. The number of rotatable bonds is 4. The first kappa shape index (κ1) is 16.0. The molecule has 4 nitrogen and oxygen atoms in total. The monoisotopic (exact) mass is 407 g/mol. The maximum absolute atomic E-state index is 12.6. The van der Waals surface area contributed by atoms with E-state index in [9.17, 15) is 4.79 Å². The van der Waals surface area contributed by atoms with Crippen molar-refractivity contribution >= 4 is 61.3 Å². The zero-order valence-electron chi connectivity index (χ0n) is 11.7. The molecule has 0 atom stereocenters. The number of nitrogens with one attached hydrogen (secondary N) is 1. The van der Waals surface area contributed by atoms with Crippen LogP contribution in [0.2, 0.25) is 5.02 Å². The number of hydrogen-bond acceptors (Lipinski definition) is 5. The molecule has 3 N–H and O–H groups in total. The van der Waals surface area contributed by atoms with Gasteiger partial charge in [0.15, 0.2) is 5.13 Å². The molecule has 0 bridgehead atoms. The fourth-order valence-electron chi connectivity index (χ4n) is 2.00. The summed E-state index contributed by atoms with van der Waals surface area (Å²) in [6.07, 6.45) is 0. The number of carbonyl (C=O) groups excluding carboxylic acids is 1. The second-order valence-electron chi connectivity index (χ2n) is 4.71. The lowest BCUT2D eigenvalue weighted by Crippen LogP contribution is -2.02. The molecule has 3 aromatic rings. The highest BCUT2D eigenvalue weighted by atomic mass is 79.9. The largest absolute Gasteiger partial charge is 0.382 e. The van der Waals surface area contributed by atoms with Gasteiger partial charge in [0.05, 0.1) is 0 Å². The second-order valence-corrected chi connectivity index (χ2v) is 7.06. The maximum atomic E-state index is 12.6. The first-order chi connectivity index (χ1) is 11.0. The average Bonchev–Trinajstić information content (AvgIpc) is 2.87. The molecule has 0 spiro atoms. The van der Waals surface area contributed by atoms with E-state index in [1.807, 2.05) is 18.2 Å². The van der Waals surface area contributed by atoms with Crippen LogP contribution < -0.4 is 11.1 Å². The van der Waals surface area contributed by atoms with Crippen LogP contribution in [0, 0.1) is 0 Å². The predicted molar refractivity (Wildman–Crippen MR) is 98.8 cm³/mol. The minimum Gasteiger partial charge on any atom is -0.382 e. The van der Waals surface area contributed by atoms with Crippen LogP contribution in [0.3, 0.4) is 0 Å². The Morgan fingerprint density at radius 1 is 1.22 bits per heavy atom. The molecule has 7 heteroatoms. The molecule has 0 unspecified atom stereocenters. The first-order valence-corrected chi connectivity index (χ1v) is 8.61. The Morgan fingerprint density at radius 3 is 2.74 bits per heavy atom. The third kappa shape index (κ3) is 3.72. The number of ketones is 1. The average molecular weight is 409 g/mol. The van der Waals surface area contributed by atoms with Gasteiger partial charge in [0.2, 0.25) is 5.78 Å².